The molecule has 0 amide bonds. The first-order chi connectivity index (χ1) is 11.7. The van der Waals surface area contributed by atoms with Gasteiger partial charge in [-0.05, 0) is 47.5 Å². The third-order valence-corrected chi connectivity index (χ3v) is 4.17. The number of hydrogen-bond acceptors (Lipinski definition) is 2. The molecule has 0 aliphatic rings. The second kappa shape index (κ2) is 5.84. The van der Waals surface area contributed by atoms with Gasteiger partial charge in [0.2, 0.25) is 0 Å². The number of halogens is 1. The van der Waals surface area contributed by atoms with Crippen LogP contribution in [0.1, 0.15) is 5.56 Å². The van der Waals surface area contributed by atoms with E-state index in [2.05, 4.69) is 11.1 Å². The second-order valence-electron chi connectivity index (χ2n) is 5.51. The fourth-order valence-corrected chi connectivity index (χ4v) is 2.82. The van der Waals surface area contributed by atoms with Crippen LogP contribution in [0, 0.1) is 11.3 Å². The number of benzene rings is 2. The smallest absolute Gasteiger partial charge is 0.137 e. The molecule has 24 heavy (non-hydrogen) atoms. The molecule has 0 saturated carbocycles. The Morgan fingerprint density at radius 3 is 2.46 bits per heavy atom. The van der Waals surface area contributed by atoms with E-state index in [9.17, 15) is 0 Å². The largest absolute Gasteiger partial charge is 0.306 e. The summed E-state index contributed by atoms with van der Waals surface area (Å²) >= 11 is 5.94. The van der Waals surface area contributed by atoms with Gasteiger partial charge in [0.05, 0.1) is 17.3 Å². The van der Waals surface area contributed by atoms with Crippen LogP contribution in [0.2, 0.25) is 5.02 Å². The standard InChI is InChI=1S/C20H12ClN3/c21-18-7-4-15(5-8-18)19-13-24-12-17(6-9-20(24)23-19)16-3-1-2-14(10-16)11-22/h1-10,12-13H. The molecule has 4 aromatic rings. The molecule has 4 heteroatoms. The molecule has 2 aromatic heterocycles. The summed E-state index contributed by atoms with van der Waals surface area (Å²) in [7, 11) is 0. The zero-order chi connectivity index (χ0) is 16.5. The van der Waals surface area contributed by atoms with Gasteiger partial charge >= 0.3 is 0 Å². The van der Waals surface area contributed by atoms with Crippen molar-refractivity contribution in [3.63, 3.8) is 0 Å². The number of pyridine rings is 1. The van der Waals surface area contributed by atoms with Gasteiger partial charge in [-0.2, -0.15) is 5.26 Å². The van der Waals surface area contributed by atoms with Crippen LogP contribution in [-0.4, -0.2) is 9.38 Å². The molecular weight excluding hydrogens is 318 g/mol. The summed E-state index contributed by atoms with van der Waals surface area (Å²) in [6, 6.07) is 21.4. The fraction of sp³-hybridized carbons (Fsp3) is 0. The molecule has 2 aromatic carbocycles. The van der Waals surface area contributed by atoms with Crippen LogP contribution < -0.4 is 0 Å². The first-order valence-corrected chi connectivity index (χ1v) is 7.86. The Labute approximate surface area is 144 Å². The van der Waals surface area contributed by atoms with E-state index in [0.717, 1.165) is 28.0 Å². The highest BCUT2D eigenvalue weighted by Crippen LogP contribution is 2.24. The number of aromatic nitrogens is 2. The summed E-state index contributed by atoms with van der Waals surface area (Å²) < 4.78 is 2.00. The van der Waals surface area contributed by atoms with E-state index >= 15 is 0 Å². The van der Waals surface area contributed by atoms with Crippen LogP contribution in [0.3, 0.4) is 0 Å². The molecule has 2 heterocycles. The maximum atomic E-state index is 9.05. The average molecular weight is 330 g/mol. The van der Waals surface area contributed by atoms with Crippen LogP contribution in [0.15, 0.2) is 73.1 Å². The monoisotopic (exact) mass is 329 g/mol. The fourth-order valence-electron chi connectivity index (χ4n) is 2.69. The van der Waals surface area contributed by atoms with E-state index in [1.165, 1.54) is 0 Å². The van der Waals surface area contributed by atoms with Crippen molar-refractivity contribution < 1.29 is 0 Å². The second-order valence-corrected chi connectivity index (χ2v) is 5.95. The minimum atomic E-state index is 0.653. The van der Waals surface area contributed by atoms with Gasteiger partial charge in [0, 0.05) is 23.0 Å². The first-order valence-electron chi connectivity index (χ1n) is 7.48. The summed E-state index contributed by atoms with van der Waals surface area (Å²) in [6.07, 6.45) is 4.02. The number of rotatable bonds is 2. The Morgan fingerprint density at radius 2 is 1.67 bits per heavy atom. The number of nitriles is 1. The highest BCUT2D eigenvalue weighted by molar-refractivity contribution is 6.30. The maximum Gasteiger partial charge on any atom is 0.137 e. The molecule has 0 radical (unpaired) electrons. The molecular formula is C20H12ClN3. The summed E-state index contributed by atoms with van der Waals surface area (Å²) in [5.41, 5.74) is 5.50. The highest BCUT2D eigenvalue weighted by Gasteiger charge is 2.06. The molecule has 0 aliphatic heterocycles. The molecule has 0 N–H and O–H groups in total. The van der Waals surface area contributed by atoms with Crippen molar-refractivity contribution in [3.8, 4) is 28.5 Å². The van der Waals surface area contributed by atoms with Crippen molar-refractivity contribution in [1.29, 1.82) is 5.26 Å². The Morgan fingerprint density at radius 1 is 0.875 bits per heavy atom. The van der Waals surface area contributed by atoms with E-state index in [0.29, 0.717) is 10.6 Å². The Bertz CT molecular complexity index is 1070. The summed E-state index contributed by atoms with van der Waals surface area (Å²) in [5.74, 6) is 0. The van der Waals surface area contributed by atoms with Gasteiger partial charge in [-0.25, -0.2) is 4.98 Å². The van der Waals surface area contributed by atoms with Gasteiger partial charge in [-0.1, -0.05) is 35.9 Å². The molecule has 114 valence electrons. The lowest BCUT2D eigenvalue weighted by Crippen LogP contribution is -1.86. The highest BCUT2D eigenvalue weighted by atomic mass is 35.5. The zero-order valence-corrected chi connectivity index (χ0v) is 13.4. The molecule has 0 bridgehead atoms. The molecule has 0 unspecified atom stereocenters. The summed E-state index contributed by atoms with van der Waals surface area (Å²) in [5, 5.41) is 9.77. The Balaban J connectivity index is 1.78. The SMILES string of the molecule is N#Cc1cccc(-c2ccc3nc(-c4ccc(Cl)cc4)cn3c2)c1. The summed E-state index contributed by atoms with van der Waals surface area (Å²) in [4.78, 5) is 4.65. The van der Waals surface area contributed by atoms with Crippen LogP contribution in [0.25, 0.3) is 28.0 Å². The third-order valence-electron chi connectivity index (χ3n) is 3.92. The van der Waals surface area contributed by atoms with Crippen LogP contribution in [0.5, 0.6) is 0 Å². The van der Waals surface area contributed by atoms with Crippen LogP contribution in [0.4, 0.5) is 0 Å². The van der Waals surface area contributed by atoms with Crippen molar-refractivity contribution in [2.75, 3.05) is 0 Å². The number of fused-ring (bicyclic) bond motifs is 1. The van der Waals surface area contributed by atoms with Crippen molar-refractivity contribution in [3.05, 3.63) is 83.6 Å². The van der Waals surface area contributed by atoms with E-state index in [-0.39, 0.29) is 0 Å². The van der Waals surface area contributed by atoms with Crippen molar-refractivity contribution in [1.82, 2.24) is 9.38 Å². The molecule has 0 spiro atoms. The zero-order valence-electron chi connectivity index (χ0n) is 12.6. The molecule has 0 atom stereocenters. The van der Waals surface area contributed by atoms with Crippen molar-refractivity contribution >= 4 is 17.2 Å². The van der Waals surface area contributed by atoms with Gasteiger partial charge in [-0.15, -0.1) is 0 Å². The lowest BCUT2D eigenvalue weighted by atomic mass is 10.1. The van der Waals surface area contributed by atoms with Crippen LogP contribution >= 0.6 is 11.6 Å². The van der Waals surface area contributed by atoms with Gasteiger partial charge < -0.3 is 4.40 Å². The lowest BCUT2D eigenvalue weighted by Gasteiger charge is -2.03. The van der Waals surface area contributed by atoms with E-state index < -0.39 is 0 Å². The number of nitrogens with zero attached hydrogens (tertiary/aromatic N) is 3. The molecule has 3 nitrogen and oxygen atoms in total. The molecule has 4 rings (SSSR count). The van der Waals surface area contributed by atoms with Gasteiger partial charge in [0.25, 0.3) is 0 Å². The van der Waals surface area contributed by atoms with Crippen molar-refractivity contribution in [2.24, 2.45) is 0 Å². The normalized spacial score (nSPS) is 10.7. The minimum absolute atomic E-state index is 0.653. The average Bonchev–Trinajstić information content (AvgIpc) is 3.05. The van der Waals surface area contributed by atoms with E-state index in [1.54, 1.807) is 6.07 Å². The molecule has 0 aliphatic carbocycles. The Hall–Kier alpha value is -3.09. The van der Waals surface area contributed by atoms with Gasteiger partial charge in [0.1, 0.15) is 5.65 Å². The Kier molecular flexibility index (Phi) is 3.53. The topological polar surface area (TPSA) is 41.1 Å². The number of hydrogen-bond donors (Lipinski definition) is 0. The quantitative estimate of drug-likeness (QED) is 0.507. The van der Waals surface area contributed by atoms with E-state index in [4.69, 9.17) is 16.9 Å². The van der Waals surface area contributed by atoms with Gasteiger partial charge in [-0.3, -0.25) is 0 Å². The van der Waals surface area contributed by atoms with E-state index in [1.807, 2.05) is 71.4 Å². The lowest BCUT2D eigenvalue weighted by molar-refractivity contribution is 1.19. The first kappa shape index (κ1) is 14.5. The molecule has 0 fully saturated rings. The maximum absolute atomic E-state index is 9.05. The van der Waals surface area contributed by atoms with Gasteiger partial charge in [0.15, 0.2) is 0 Å². The van der Waals surface area contributed by atoms with Crippen molar-refractivity contribution in [2.45, 2.75) is 0 Å². The molecule has 0 saturated heterocycles. The van der Waals surface area contributed by atoms with Crippen LogP contribution in [-0.2, 0) is 0 Å². The summed E-state index contributed by atoms with van der Waals surface area (Å²) in [6.45, 7) is 0. The predicted molar refractivity (Wildman–Crippen MR) is 95.8 cm³/mol. The third kappa shape index (κ3) is 2.64. The minimum Gasteiger partial charge on any atom is -0.306 e. The predicted octanol–water partition coefficient (Wildman–Crippen LogP) is 5.19. The number of imidazole rings is 1.